The molecule has 1 aromatic rings. The maximum atomic E-state index is 13.7. The zero-order valence-electron chi connectivity index (χ0n) is 9.63. The molecule has 0 saturated heterocycles. The van der Waals surface area contributed by atoms with Crippen molar-refractivity contribution in [2.45, 2.75) is 38.3 Å². The molecule has 1 fully saturated rings. The molecule has 0 radical (unpaired) electrons. The normalized spacial score (nSPS) is 16.6. The van der Waals surface area contributed by atoms with Gasteiger partial charge in [-0.3, -0.25) is 0 Å². The molecule has 1 N–H and O–H groups in total. The minimum Gasteiger partial charge on any atom is -0.487 e. The van der Waals surface area contributed by atoms with Gasteiger partial charge in [-0.25, -0.2) is 4.39 Å². The topological polar surface area (TPSA) is 21.3 Å². The van der Waals surface area contributed by atoms with E-state index in [0.29, 0.717) is 12.3 Å². The van der Waals surface area contributed by atoms with Crippen LogP contribution < -0.4 is 10.1 Å². The molecular weight excluding hydrogens is 205 g/mol. The fourth-order valence-electron chi connectivity index (χ4n) is 2.19. The SMILES string of the molecule is CNCc1cccc(F)c1OC1CCCC1. The first-order chi connectivity index (χ1) is 7.81. The number of benzene rings is 1. The molecule has 0 aliphatic heterocycles. The lowest BCUT2D eigenvalue weighted by Gasteiger charge is -2.17. The average Bonchev–Trinajstić information content (AvgIpc) is 2.76. The lowest BCUT2D eigenvalue weighted by Crippen LogP contribution is -2.15. The molecule has 1 aliphatic rings. The van der Waals surface area contributed by atoms with E-state index in [4.69, 9.17) is 4.74 Å². The minimum atomic E-state index is -0.250. The van der Waals surface area contributed by atoms with Crippen LogP contribution in [-0.4, -0.2) is 13.2 Å². The molecule has 88 valence electrons. The van der Waals surface area contributed by atoms with E-state index in [1.54, 1.807) is 6.07 Å². The van der Waals surface area contributed by atoms with Crippen molar-refractivity contribution in [1.82, 2.24) is 5.32 Å². The monoisotopic (exact) mass is 223 g/mol. The van der Waals surface area contributed by atoms with Gasteiger partial charge in [-0.1, -0.05) is 12.1 Å². The summed E-state index contributed by atoms with van der Waals surface area (Å²) in [6.45, 7) is 0.639. The van der Waals surface area contributed by atoms with E-state index in [2.05, 4.69) is 5.32 Å². The second kappa shape index (κ2) is 5.30. The highest BCUT2D eigenvalue weighted by atomic mass is 19.1. The van der Waals surface area contributed by atoms with E-state index >= 15 is 0 Å². The van der Waals surface area contributed by atoms with Gasteiger partial charge in [0, 0.05) is 12.1 Å². The Balaban J connectivity index is 2.16. The summed E-state index contributed by atoms with van der Waals surface area (Å²) in [6, 6.07) is 5.09. The van der Waals surface area contributed by atoms with Crippen molar-refractivity contribution in [3.8, 4) is 5.75 Å². The maximum absolute atomic E-state index is 13.7. The third-order valence-corrected chi connectivity index (χ3v) is 3.00. The molecule has 1 saturated carbocycles. The van der Waals surface area contributed by atoms with Gasteiger partial charge < -0.3 is 10.1 Å². The third-order valence-electron chi connectivity index (χ3n) is 3.00. The van der Waals surface area contributed by atoms with E-state index in [1.165, 1.54) is 18.9 Å². The van der Waals surface area contributed by atoms with E-state index in [1.807, 2.05) is 13.1 Å². The summed E-state index contributed by atoms with van der Waals surface area (Å²) in [5.74, 6) is 0.184. The summed E-state index contributed by atoms with van der Waals surface area (Å²) in [7, 11) is 1.85. The molecule has 1 aromatic carbocycles. The van der Waals surface area contributed by atoms with Gasteiger partial charge in [0.05, 0.1) is 6.10 Å². The molecule has 0 heterocycles. The van der Waals surface area contributed by atoms with Crippen LogP contribution >= 0.6 is 0 Å². The summed E-state index contributed by atoms with van der Waals surface area (Å²) in [6.07, 6.45) is 4.69. The van der Waals surface area contributed by atoms with Crippen LogP contribution in [0.3, 0.4) is 0 Å². The fraction of sp³-hybridized carbons (Fsp3) is 0.538. The molecular formula is C13H18FNO. The molecule has 0 bridgehead atoms. The second-order valence-corrected chi connectivity index (χ2v) is 4.28. The quantitative estimate of drug-likeness (QED) is 0.847. The molecule has 0 unspecified atom stereocenters. The minimum absolute atomic E-state index is 0.201. The second-order valence-electron chi connectivity index (χ2n) is 4.28. The van der Waals surface area contributed by atoms with Gasteiger partial charge in [0.2, 0.25) is 0 Å². The Labute approximate surface area is 95.8 Å². The molecule has 1 aliphatic carbocycles. The summed E-state index contributed by atoms with van der Waals surface area (Å²) in [5.41, 5.74) is 0.898. The van der Waals surface area contributed by atoms with E-state index in [-0.39, 0.29) is 11.9 Å². The van der Waals surface area contributed by atoms with Crippen molar-refractivity contribution in [1.29, 1.82) is 0 Å². The van der Waals surface area contributed by atoms with Gasteiger partial charge in [0.25, 0.3) is 0 Å². The van der Waals surface area contributed by atoms with Gasteiger partial charge in [-0.05, 0) is 38.8 Å². The Morgan fingerprint density at radius 1 is 1.38 bits per heavy atom. The highest BCUT2D eigenvalue weighted by Crippen LogP contribution is 2.28. The van der Waals surface area contributed by atoms with Crippen LogP contribution in [0.15, 0.2) is 18.2 Å². The Bertz CT molecular complexity index is 348. The first-order valence-corrected chi connectivity index (χ1v) is 5.90. The number of para-hydroxylation sites is 1. The zero-order valence-corrected chi connectivity index (χ0v) is 9.63. The molecule has 0 atom stereocenters. The lowest BCUT2D eigenvalue weighted by atomic mass is 10.2. The third kappa shape index (κ3) is 2.53. The molecule has 0 amide bonds. The number of ether oxygens (including phenoxy) is 1. The molecule has 3 heteroatoms. The van der Waals surface area contributed by atoms with Crippen LogP contribution in [0.25, 0.3) is 0 Å². The predicted octanol–water partition coefficient (Wildman–Crippen LogP) is 2.87. The van der Waals surface area contributed by atoms with Gasteiger partial charge >= 0.3 is 0 Å². The average molecular weight is 223 g/mol. The van der Waals surface area contributed by atoms with Crippen LogP contribution in [0.4, 0.5) is 4.39 Å². The van der Waals surface area contributed by atoms with Crippen LogP contribution in [0, 0.1) is 5.82 Å². The van der Waals surface area contributed by atoms with Gasteiger partial charge in [-0.15, -0.1) is 0 Å². The highest BCUT2D eigenvalue weighted by Gasteiger charge is 2.19. The smallest absolute Gasteiger partial charge is 0.165 e. The van der Waals surface area contributed by atoms with Crippen molar-refractivity contribution in [2.75, 3.05) is 7.05 Å². The largest absolute Gasteiger partial charge is 0.487 e. The van der Waals surface area contributed by atoms with Gasteiger partial charge in [0.1, 0.15) is 0 Å². The summed E-state index contributed by atoms with van der Waals surface area (Å²) in [4.78, 5) is 0. The first-order valence-electron chi connectivity index (χ1n) is 5.90. The summed E-state index contributed by atoms with van der Waals surface area (Å²) in [5, 5.41) is 3.03. The van der Waals surface area contributed by atoms with Crippen molar-refractivity contribution < 1.29 is 9.13 Å². The highest BCUT2D eigenvalue weighted by molar-refractivity contribution is 5.35. The van der Waals surface area contributed by atoms with Gasteiger partial charge in [-0.2, -0.15) is 0 Å². The van der Waals surface area contributed by atoms with Crippen molar-refractivity contribution >= 4 is 0 Å². The number of nitrogens with one attached hydrogen (secondary N) is 1. The summed E-state index contributed by atoms with van der Waals surface area (Å²) < 4.78 is 19.4. The van der Waals surface area contributed by atoms with E-state index in [9.17, 15) is 4.39 Å². The Kier molecular flexibility index (Phi) is 3.78. The number of rotatable bonds is 4. The Morgan fingerprint density at radius 3 is 2.81 bits per heavy atom. The van der Waals surface area contributed by atoms with Crippen LogP contribution in [-0.2, 0) is 6.54 Å². The van der Waals surface area contributed by atoms with Crippen LogP contribution in [0.2, 0.25) is 0 Å². The molecule has 0 aromatic heterocycles. The van der Waals surface area contributed by atoms with Crippen molar-refractivity contribution in [3.63, 3.8) is 0 Å². The number of hydrogen-bond donors (Lipinski definition) is 1. The van der Waals surface area contributed by atoms with Crippen molar-refractivity contribution in [3.05, 3.63) is 29.6 Å². The van der Waals surface area contributed by atoms with Crippen molar-refractivity contribution in [2.24, 2.45) is 0 Å². The number of hydrogen-bond acceptors (Lipinski definition) is 2. The Morgan fingerprint density at radius 2 is 2.12 bits per heavy atom. The predicted molar refractivity (Wildman–Crippen MR) is 62.0 cm³/mol. The fourth-order valence-corrected chi connectivity index (χ4v) is 2.19. The summed E-state index contributed by atoms with van der Waals surface area (Å²) >= 11 is 0. The molecule has 0 spiro atoms. The van der Waals surface area contributed by atoms with Crippen LogP contribution in [0.1, 0.15) is 31.2 Å². The number of halogens is 1. The molecule has 2 nitrogen and oxygen atoms in total. The van der Waals surface area contributed by atoms with E-state index < -0.39 is 0 Å². The first kappa shape index (κ1) is 11.4. The van der Waals surface area contributed by atoms with Crippen LogP contribution in [0.5, 0.6) is 5.75 Å². The standard InChI is InChI=1S/C13H18FNO/c1-15-9-10-5-4-8-12(14)13(10)16-11-6-2-3-7-11/h4-5,8,11,15H,2-3,6-7,9H2,1H3. The molecule has 16 heavy (non-hydrogen) atoms. The van der Waals surface area contributed by atoms with E-state index in [0.717, 1.165) is 18.4 Å². The molecule has 2 rings (SSSR count). The lowest BCUT2D eigenvalue weighted by molar-refractivity contribution is 0.198. The Hall–Kier alpha value is -1.09. The zero-order chi connectivity index (χ0) is 11.4. The van der Waals surface area contributed by atoms with Gasteiger partial charge in [0.15, 0.2) is 11.6 Å². The maximum Gasteiger partial charge on any atom is 0.165 e.